The van der Waals surface area contributed by atoms with E-state index in [-0.39, 0.29) is 0 Å². The van der Waals surface area contributed by atoms with E-state index >= 15 is 0 Å². The van der Waals surface area contributed by atoms with Crippen molar-refractivity contribution in [2.75, 3.05) is 12.8 Å². The predicted octanol–water partition coefficient (Wildman–Crippen LogP) is -0.0746. The average molecular weight is 167 g/mol. The zero-order valence-corrected chi connectivity index (χ0v) is 6.76. The quantitative estimate of drug-likeness (QED) is 0.471. The molecule has 1 N–H and O–H groups in total. The molecule has 3 nitrogen and oxygen atoms in total. The van der Waals surface area contributed by atoms with Gasteiger partial charge in [0.25, 0.3) is 0 Å². The largest absolute Gasteiger partial charge is 0.215 e. The molecule has 0 rings (SSSR count). The molecule has 5 heteroatoms. The van der Waals surface area contributed by atoms with Crippen molar-refractivity contribution in [1.82, 2.24) is 4.72 Å². The normalized spacial score (nSPS) is 11.2. The molecule has 0 aromatic carbocycles. The Balaban J connectivity index is 3.40. The fourth-order valence-corrected chi connectivity index (χ4v) is 0.910. The summed E-state index contributed by atoms with van der Waals surface area (Å²) in [4.78, 5) is 0. The number of nitrogens with one attached hydrogen (secondary N) is 1. The highest BCUT2D eigenvalue weighted by Crippen LogP contribution is 1.75. The summed E-state index contributed by atoms with van der Waals surface area (Å²) in [6, 6.07) is 0. The van der Waals surface area contributed by atoms with Crippen molar-refractivity contribution in [2.45, 2.75) is 6.42 Å². The van der Waals surface area contributed by atoms with Gasteiger partial charge in [0.05, 0.1) is 6.26 Å². The fraction of sp³-hybridized carbons (Fsp3) is 0.750. The van der Waals surface area contributed by atoms with Crippen LogP contribution < -0.4 is 4.72 Å². The molecule has 9 heavy (non-hydrogen) atoms. The number of sulfonamides is 1. The molecule has 0 unspecified atom stereocenters. The lowest BCUT2D eigenvalue weighted by Gasteiger charge is -1.95. The van der Waals surface area contributed by atoms with Gasteiger partial charge >= 0.3 is 0 Å². The number of rotatable bonds is 4. The fourth-order valence-electron chi connectivity index (χ4n) is 0.303. The molecule has 0 amide bonds. The van der Waals surface area contributed by atoms with Gasteiger partial charge in [0, 0.05) is 6.54 Å². The van der Waals surface area contributed by atoms with E-state index in [9.17, 15) is 8.42 Å². The summed E-state index contributed by atoms with van der Waals surface area (Å²) in [6.45, 7) is 0.405. The van der Waals surface area contributed by atoms with Crippen LogP contribution in [0.2, 0.25) is 0 Å². The minimum atomic E-state index is -3.01. The van der Waals surface area contributed by atoms with Crippen molar-refractivity contribution >= 4 is 27.6 Å². The van der Waals surface area contributed by atoms with Gasteiger partial charge in [-0.05, 0) is 11.8 Å². The van der Waals surface area contributed by atoms with Crippen LogP contribution in [0.4, 0.5) is 0 Å². The number of hydrogen-bond acceptors (Lipinski definition) is 3. The summed E-state index contributed by atoms with van der Waals surface area (Å²) >= 11 is 4.48. The lowest BCUT2D eigenvalue weighted by molar-refractivity contribution is 0.589. The minimum absolute atomic E-state index is 0.405. The molecule has 0 fully saturated rings. The zero-order valence-electron chi connectivity index (χ0n) is 5.12. The van der Waals surface area contributed by atoms with Crippen LogP contribution in [-0.2, 0) is 10.0 Å². The maximum atomic E-state index is 10.3. The zero-order chi connectivity index (χ0) is 7.33. The van der Waals surface area contributed by atoms with Gasteiger partial charge in [-0.15, -0.1) is 0 Å². The Morgan fingerprint density at radius 2 is 2.22 bits per heavy atom. The van der Waals surface area contributed by atoms with Crippen molar-refractivity contribution in [2.24, 2.45) is 0 Å². The van der Waals surface area contributed by atoms with Crippen LogP contribution in [-0.4, -0.2) is 26.6 Å². The first-order valence-electron chi connectivity index (χ1n) is 2.44. The predicted molar refractivity (Wildman–Crippen MR) is 41.1 cm³/mol. The van der Waals surface area contributed by atoms with Crippen molar-refractivity contribution in [1.29, 1.82) is 0 Å². The van der Waals surface area contributed by atoms with Crippen LogP contribution in [0.3, 0.4) is 0 Å². The molecule has 0 aromatic heterocycles. The summed E-state index contributed by atoms with van der Waals surface area (Å²) in [5.41, 5.74) is 0. The Morgan fingerprint density at radius 1 is 1.67 bits per heavy atom. The van der Waals surface area contributed by atoms with Crippen LogP contribution in [0, 0.1) is 0 Å². The van der Waals surface area contributed by atoms with E-state index in [0.29, 0.717) is 13.0 Å². The molecular weight excluding hydrogens is 158 g/mol. The second kappa shape index (κ2) is 3.92. The molecule has 0 saturated carbocycles. The first kappa shape index (κ1) is 9.00. The van der Waals surface area contributed by atoms with Gasteiger partial charge in [0.15, 0.2) is 0 Å². The van der Waals surface area contributed by atoms with E-state index in [1.807, 2.05) is 0 Å². The monoisotopic (exact) mass is 167 g/mol. The Morgan fingerprint density at radius 3 is 2.56 bits per heavy atom. The van der Waals surface area contributed by atoms with Crippen molar-refractivity contribution < 1.29 is 8.42 Å². The SMILES string of the molecule is CS(=O)(=O)NCCC=S. The molecule has 0 aliphatic heterocycles. The molecule has 0 heterocycles. The lowest BCUT2D eigenvalue weighted by atomic mass is 10.5. The third-order valence-corrected chi connectivity index (χ3v) is 1.59. The maximum absolute atomic E-state index is 10.3. The highest BCUT2D eigenvalue weighted by Gasteiger charge is 1.95. The summed E-state index contributed by atoms with van der Waals surface area (Å²) in [5.74, 6) is 0. The molecule has 0 atom stereocenters. The molecular formula is C4H9NO2S2. The summed E-state index contributed by atoms with van der Waals surface area (Å²) in [6.07, 6.45) is 1.72. The molecule has 0 aliphatic carbocycles. The van der Waals surface area contributed by atoms with E-state index in [2.05, 4.69) is 16.9 Å². The molecule has 54 valence electrons. The van der Waals surface area contributed by atoms with Crippen molar-refractivity contribution in [3.63, 3.8) is 0 Å². The first-order chi connectivity index (χ1) is 4.06. The van der Waals surface area contributed by atoms with Crippen LogP contribution >= 0.6 is 12.2 Å². The van der Waals surface area contributed by atoms with Gasteiger partial charge in [-0.25, -0.2) is 13.1 Å². The second-order valence-corrected chi connectivity index (χ2v) is 3.79. The molecule has 0 saturated heterocycles. The molecule has 0 bridgehead atoms. The van der Waals surface area contributed by atoms with Crippen LogP contribution in [0.25, 0.3) is 0 Å². The van der Waals surface area contributed by atoms with Gasteiger partial charge in [-0.1, -0.05) is 12.2 Å². The van der Waals surface area contributed by atoms with Crippen LogP contribution in [0.5, 0.6) is 0 Å². The van der Waals surface area contributed by atoms with Gasteiger partial charge in [-0.2, -0.15) is 0 Å². The van der Waals surface area contributed by atoms with E-state index < -0.39 is 10.0 Å². The standard InChI is InChI=1S/C4H9NO2S2/c1-9(6,7)5-3-2-4-8/h4-5H,2-3H2,1H3. The average Bonchev–Trinajstić information content (AvgIpc) is 1.63. The Hall–Kier alpha value is -0.0000000000000000555. The number of hydrogen-bond donors (Lipinski definition) is 1. The third kappa shape index (κ3) is 8.00. The van der Waals surface area contributed by atoms with Gasteiger partial charge in [-0.3, -0.25) is 0 Å². The van der Waals surface area contributed by atoms with Crippen molar-refractivity contribution in [3.8, 4) is 0 Å². The molecule has 0 aliphatic rings. The molecule has 0 radical (unpaired) electrons. The van der Waals surface area contributed by atoms with Crippen LogP contribution in [0.1, 0.15) is 6.42 Å². The minimum Gasteiger partial charge on any atom is -0.215 e. The number of thiocarbonyl (C=S) groups is 1. The lowest BCUT2D eigenvalue weighted by Crippen LogP contribution is -2.22. The Bertz CT molecular complexity index is 173. The Labute approximate surface area is 60.5 Å². The van der Waals surface area contributed by atoms with E-state index in [4.69, 9.17) is 0 Å². The Kier molecular flexibility index (Phi) is 3.92. The molecule has 0 spiro atoms. The van der Waals surface area contributed by atoms with E-state index in [0.717, 1.165) is 6.26 Å². The van der Waals surface area contributed by atoms with E-state index in [1.54, 1.807) is 0 Å². The summed E-state index contributed by atoms with van der Waals surface area (Å²) in [5, 5.41) is 1.50. The van der Waals surface area contributed by atoms with Gasteiger partial charge in [0.2, 0.25) is 10.0 Å². The molecule has 0 aromatic rings. The van der Waals surface area contributed by atoms with E-state index in [1.165, 1.54) is 5.37 Å². The van der Waals surface area contributed by atoms with Gasteiger partial charge in [0.1, 0.15) is 0 Å². The topological polar surface area (TPSA) is 46.2 Å². The second-order valence-electron chi connectivity index (χ2n) is 1.62. The third-order valence-electron chi connectivity index (χ3n) is 0.626. The first-order valence-corrected chi connectivity index (χ1v) is 4.81. The van der Waals surface area contributed by atoms with Crippen LogP contribution in [0.15, 0.2) is 0 Å². The van der Waals surface area contributed by atoms with Crippen molar-refractivity contribution in [3.05, 3.63) is 0 Å². The van der Waals surface area contributed by atoms with Gasteiger partial charge < -0.3 is 0 Å². The summed E-state index contributed by atoms with van der Waals surface area (Å²) in [7, 11) is -3.01. The summed E-state index contributed by atoms with van der Waals surface area (Å²) < 4.78 is 23.0. The smallest absolute Gasteiger partial charge is 0.208 e. The highest BCUT2D eigenvalue weighted by molar-refractivity contribution is 7.88. The maximum Gasteiger partial charge on any atom is 0.208 e. The highest BCUT2D eigenvalue weighted by atomic mass is 32.2.